The highest BCUT2D eigenvalue weighted by Crippen LogP contribution is 2.58. The van der Waals surface area contributed by atoms with E-state index in [0.717, 1.165) is 46.2 Å². The first-order chi connectivity index (χ1) is 15.8. The van der Waals surface area contributed by atoms with E-state index in [-0.39, 0.29) is 46.2 Å². The SMILES string of the molecule is CCc1cc(C)cc(CC)c1C1=C(O)[C@H]2[C@@H](C1=O)[C@@H]1CC(c3cc([N+](=O)[O-])ccc3C)[C@H]2O1. The number of ketones is 1. The summed E-state index contributed by atoms with van der Waals surface area (Å²) in [5.41, 5.74) is 6.58. The van der Waals surface area contributed by atoms with Crippen LogP contribution in [0.4, 0.5) is 5.69 Å². The number of hydrogen-bond donors (Lipinski definition) is 1. The fourth-order valence-electron chi connectivity index (χ4n) is 6.37. The lowest BCUT2D eigenvalue weighted by atomic mass is 9.71. The van der Waals surface area contributed by atoms with Gasteiger partial charge >= 0.3 is 0 Å². The molecule has 2 fully saturated rings. The molecule has 0 saturated carbocycles. The minimum absolute atomic E-state index is 0.0209. The topological polar surface area (TPSA) is 89.7 Å². The summed E-state index contributed by atoms with van der Waals surface area (Å²) < 4.78 is 6.23. The molecule has 172 valence electrons. The third-order valence-electron chi connectivity index (χ3n) is 7.81. The number of non-ortho nitro benzene ring substituents is 1. The van der Waals surface area contributed by atoms with Crippen molar-refractivity contribution in [2.45, 2.75) is 65.1 Å². The van der Waals surface area contributed by atoms with Gasteiger partial charge < -0.3 is 9.84 Å². The van der Waals surface area contributed by atoms with E-state index in [1.54, 1.807) is 12.1 Å². The van der Waals surface area contributed by atoms with Crippen molar-refractivity contribution < 1.29 is 19.6 Å². The molecule has 1 N–H and O–H groups in total. The summed E-state index contributed by atoms with van der Waals surface area (Å²) in [4.78, 5) is 24.6. The first kappa shape index (κ1) is 21.8. The number of nitro groups is 1. The second kappa shape index (κ2) is 7.80. The number of carbonyl (C=O) groups excluding carboxylic acids is 1. The summed E-state index contributed by atoms with van der Waals surface area (Å²) in [5, 5.41) is 22.8. The average Bonchev–Trinajstić information content (AvgIpc) is 3.45. The van der Waals surface area contributed by atoms with Gasteiger partial charge in [0, 0.05) is 18.1 Å². The average molecular weight is 448 g/mol. The maximum Gasteiger partial charge on any atom is 0.269 e. The molecule has 2 saturated heterocycles. The van der Waals surface area contributed by atoms with Gasteiger partial charge in [-0.3, -0.25) is 14.9 Å². The second-order valence-corrected chi connectivity index (χ2v) is 9.62. The fourth-order valence-corrected chi connectivity index (χ4v) is 6.37. The number of benzene rings is 2. The quantitative estimate of drug-likeness (QED) is 0.491. The number of aliphatic hydroxyl groups excluding tert-OH is 1. The highest BCUT2D eigenvalue weighted by atomic mass is 16.6. The van der Waals surface area contributed by atoms with Gasteiger partial charge in [-0.1, -0.05) is 37.6 Å². The Hall–Kier alpha value is -2.99. The first-order valence-corrected chi connectivity index (χ1v) is 11.8. The Morgan fingerprint density at radius 1 is 1.09 bits per heavy atom. The van der Waals surface area contributed by atoms with Crippen LogP contribution in [0.3, 0.4) is 0 Å². The zero-order valence-corrected chi connectivity index (χ0v) is 19.4. The zero-order valence-electron chi connectivity index (χ0n) is 19.4. The second-order valence-electron chi connectivity index (χ2n) is 9.62. The number of allylic oxidation sites excluding steroid dienone is 1. The van der Waals surface area contributed by atoms with Crippen molar-refractivity contribution in [3.63, 3.8) is 0 Å². The molecule has 3 aliphatic rings. The van der Waals surface area contributed by atoms with Crippen molar-refractivity contribution in [2.75, 3.05) is 0 Å². The van der Waals surface area contributed by atoms with Crippen LogP contribution >= 0.6 is 0 Å². The molecule has 5 rings (SSSR count). The minimum Gasteiger partial charge on any atom is -0.511 e. The van der Waals surface area contributed by atoms with E-state index >= 15 is 0 Å². The van der Waals surface area contributed by atoms with Crippen LogP contribution in [-0.4, -0.2) is 28.0 Å². The molecule has 0 spiro atoms. The van der Waals surface area contributed by atoms with Gasteiger partial charge in [0.25, 0.3) is 5.69 Å². The van der Waals surface area contributed by atoms with Crippen LogP contribution in [0, 0.1) is 35.8 Å². The Morgan fingerprint density at radius 2 is 1.76 bits per heavy atom. The van der Waals surface area contributed by atoms with E-state index in [2.05, 4.69) is 32.9 Å². The number of ether oxygens (including phenoxy) is 1. The number of Topliss-reactive ketones (excluding diaryl/α,β-unsaturated/α-hetero) is 1. The van der Waals surface area contributed by atoms with E-state index in [1.807, 2.05) is 6.92 Å². The molecule has 6 heteroatoms. The van der Waals surface area contributed by atoms with Crippen molar-refractivity contribution in [1.82, 2.24) is 0 Å². The normalized spacial score (nSPS) is 28.0. The number of rotatable bonds is 5. The largest absolute Gasteiger partial charge is 0.511 e. The third-order valence-corrected chi connectivity index (χ3v) is 7.81. The number of hydrogen-bond acceptors (Lipinski definition) is 5. The van der Waals surface area contributed by atoms with Gasteiger partial charge in [-0.15, -0.1) is 0 Å². The molecule has 5 atom stereocenters. The van der Waals surface area contributed by atoms with Crippen molar-refractivity contribution in [1.29, 1.82) is 0 Å². The number of aryl methyl sites for hydroxylation is 4. The van der Waals surface area contributed by atoms with E-state index in [0.29, 0.717) is 12.0 Å². The molecule has 0 amide bonds. The van der Waals surface area contributed by atoms with Crippen molar-refractivity contribution >= 4 is 17.0 Å². The number of nitrogens with zero attached hydrogens (tertiary/aromatic N) is 1. The summed E-state index contributed by atoms with van der Waals surface area (Å²) >= 11 is 0. The van der Waals surface area contributed by atoms with Crippen LogP contribution in [0.15, 0.2) is 36.1 Å². The summed E-state index contributed by atoms with van der Waals surface area (Å²) in [6.07, 6.45) is 1.55. The van der Waals surface area contributed by atoms with Gasteiger partial charge in [-0.05, 0) is 60.9 Å². The molecule has 0 aromatic heterocycles. The Balaban J connectivity index is 1.59. The molecule has 2 aliphatic heterocycles. The molecule has 1 unspecified atom stereocenters. The van der Waals surface area contributed by atoms with Crippen LogP contribution < -0.4 is 0 Å². The van der Waals surface area contributed by atoms with Crippen LogP contribution in [0.2, 0.25) is 0 Å². The third kappa shape index (κ3) is 3.15. The molecule has 2 heterocycles. The zero-order chi connectivity index (χ0) is 23.6. The molecule has 1 aliphatic carbocycles. The lowest BCUT2D eigenvalue weighted by molar-refractivity contribution is -0.385. The van der Waals surface area contributed by atoms with Crippen molar-refractivity contribution in [2.24, 2.45) is 11.8 Å². The predicted molar refractivity (Wildman–Crippen MR) is 125 cm³/mol. The van der Waals surface area contributed by atoms with Crippen LogP contribution in [0.1, 0.15) is 59.6 Å². The molecule has 2 aromatic carbocycles. The van der Waals surface area contributed by atoms with Gasteiger partial charge in [0.1, 0.15) is 5.76 Å². The monoisotopic (exact) mass is 447 g/mol. The van der Waals surface area contributed by atoms with Crippen LogP contribution in [0.5, 0.6) is 0 Å². The van der Waals surface area contributed by atoms with Crippen LogP contribution in [0.25, 0.3) is 5.57 Å². The molecule has 2 bridgehead atoms. The lowest BCUT2D eigenvalue weighted by Gasteiger charge is -2.28. The molecule has 6 nitrogen and oxygen atoms in total. The predicted octanol–water partition coefficient (Wildman–Crippen LogP) is 5.38. The first-order valence-electron chi connectivity index (χ1n) is 11.8. The molecule has 2 aromatic rings. The van der Waals surface area contributed by atoms with Gasteiger partial charge in [-0.25, -0.2) is 0 Å². The van der Waals surface area contributed by atoms with Crippen LogP contribution in [-0.2, 0) is 22.4 Å². The van der Waals surface area contributed by atoms with Crippen molar-refractivity contribution in [3.8, 4) is 0 Å². The minimum atomic E-state index is -0.398. The Kier molecular flexibility index (Phi) is 5.16. The summed E-state index contributed by atoms with van der Waals surface area (Å²) in [5.74, 6) is -0.743. The number of nitro benzene ring substituents is 1. The molecular weight excluding hydrogens is 418 g/mol. The number of carbonyl (C=O) groups is 1. The number of fused-ring (bicyclic) bond motifs is 5. The Labute approximate surface area is 193 Å². The summed E-state index contributed by atoms with van der Waals surface area (Å²) in [6.45, 7) is 8.14. The molecule has 33 heavy (non-hydrogen) atoms. The highest BCUT2D eigenvalue weighted by molar-refractivity contribution is 6.26. The van der Waals surface area contributed by atoms with E-state index < -0.39 is 5.92 Å². The van der Waals surface area contributed by atoms with Gasteiger partial charge in [0.15, 0.2) is 5.78 Å². The highest BCUT2D eigenvalue weighted by Gasteiger charge is 2.62. The van der Waals surface area contributed by atoms with E-state index in [4.69, 9.17) is 4.74 Å². The summed E-state index contributed by atoms with van der Waals surface area (Å²) in [7, 11) is 0. The van der Waals surface area contributed by atoms with Gasteiger partial charge in [-0.2, -0.15) is 0 Å². The van der Waals surface area contributed by atoms with Gasteiger partial charge in [0.2, 0.25) is 0 Å². The maximum atomic E-state index is 13.7. The molecular formula is C27H29NO5. The Bertz CT molecular complexity index is 1190. The molecule has 0 radical (unpaired) electrons. The summed E-state index contributed by atoms with van der Waals surface area (Å²) in [6, 6.07) is 9.13. The van der Waals surface area contributed by atoms with E-state index in [1.165, 1.54) is 6.07 Å². The fraction of sp³-hybridized carbons (Fsp3) is 0.444. The lowest BCUT2D eigenvalue weighted by Crippen LogP contribution is -2.33. The smallest absolute Gasteiger partial charge is 0.269 e. The standard InChI is InChI=1S/C27H29NO5/c1-5-15-9-13(3)10-16(6-2)21(15)23-25(29)22-20-12-19(27(33-20)24(22)26(23)30)18-11-17(28(31)32)8-7-14(18)4/h7-11,19-20,22,24,27,30H,5-6,12H2,1-4H3/t19?,20-,22-,24+,27+/m0/s1. The van der Waals surface area contributed by atoms with E-state index in [9.17, 15) is 20.0 Å². The Morgan fingerprint density at radius 3 is 2.36 bits per heavy atom. The maximum absolute atomic E-state index is 13.7. The van der Waals surface area contributed by atoms with Crippen molar-refractivity contribution in [3.05, 3.63) is 79.6 Å². The number of aliphatic hydroxyl groups is 1. The van der Waals surface area contributed by atoms with Gasteiger partial charge in [0.05, 0.1) is 34.5 Å².